The number of aryl methyl sites for hydroxylation is 1. The van der Waals surface area contributed by atoms with E-state index in [4.69, 9.17) is 0 Å². The van der Waals surface area contributed by atoms with E-state index < -0.39 is 10.0 Å². The predicted octanol–water partition coefficient (Wildman–Crippen LogP) is 2.53. The Balaban J connectivity index is 1.26. The molecule has 2 heterocycles. The number of sulfonamides is 1. The Kier molecular flexibility index (Phi) is 6.93. The largest absolute Gasteiger partial charge is 0.361 e. The Morgan fingerprint density at radius 1 is 1.03 bits per heavy atom. The van der Waals surface area contributed by atoms with Crippen molar-refractivity contribution in [3.63, 3.8) is 0 Å². The molecule has 1 aliphatic rings. The van der Waals surface area contributed by atoms with Gasteiger partial charge in [0.05, 0.1) is 11.4 Å². The molecular weight excluding hydrogens is 424 g/mol. The predicted molar refractivity (Wildman–Crippen MR) is 126 cm³/mol. The molecule has 2 aromatic carbocycles. The van der Waals surface area contributed by atoms with Gasteiger partial charge in [-0.15, -0.1) is 0 Å². The Morgan fingerprint density at radius 3 is 2.62 bits per heavy atom. The minimum Gasteiger partial charge on any atom is -0.361 e. The number of fused-ring (bicyclic) bond motifs is 1. The smallest absolute Gasteiger partial charge is 0.243 e. The van der Waals surface area contributed by atoms with E-state index in [-0.39, 0.29) is 12.5 Å². The lowest BCUT2D eigenvalue weighted by molar-refractivity contribution is -0.122. The molecule has 0 spiro atoms. The molecule has 3 aromatic rings. The van der Waals surface area contributed by atoms with Crippen molar-refractivity contribution in [1.29, 1.82) is 0 Å². The molecule has 0 bridgehead atoms. The van der Waals surface area contributed by atoms with Crippen LogP contribution in [0.4, 0.5) is 0 Å². The molecule has 1 aromatic heterocycles. The molecule has 0 radical (unpaired) electrons. The standard InChI is InChI=1S/C24H30N4O3S/c1-19-7-9-21(10-8-19)32(30,31)28-14-4-13-27(15-16-28)18-24(29)25-12-11-20-17-26-23-6-3-2-5-22(20)23/h2-3,5-10,17,26H,4,11-16,18H2,1H3,(H,25,29). The fourth-order valence-corrected chi connectivity index (χ4v) is 5.61. The van der Waals surface area contributed by atoms with Crippen LogP contribution < -0.4 is 5.32 Å². The molecule has 170 valence electrons. The van der Waals surface area contributed by atoms with Crippen LogP contribution in [0.3, 0.4) is 0 Å². The monoisotopic (exact) mass is 454 g/mol. The van der Waals surface area contributed by atoms with E-state index >= 15 is 0 Å². The number of amides is 1. The highest BCUT2D eigenvalue weighted by Gasteiger charge is 2.27. The SMILES string of the molecule is Cc1ccc(S(=O)(=O)N2CCCN(CC(=O)NCCc3c[nH]c4ccccc34)CC2)cc1. The van der Waals surface area contributed by atoms with Gasteiger partial charge in [-0.25, -0.2) is 8.42 Å². The van der Waals surface area contributed by atoms with Gasteiger partial charge in [0.15, 0.2) is 0 Å². The summed E-state index contributed by atoms with van der Waals surface area (Å²) in [6, 6.07) is 15.1. The Hall–Kier alpha value is -2.68. The third-order valence-corrected chi connectivity index (χ3v) is 7.88. The molecule has 0 aliphatic carbocycles. The highest BCUT2D eigenvalue weighted by molar-refractivity contribution is 7.89. The maximum absolute atomic E-state index is 13.0. The van der Waals surface area contributed by atoms with E-state index in [1.54, 1.807) is 12.1 Å². The molecule has 0 atom stereocenters. The molecule has 2 N–H and O–H groups in total. The Labute approximate surface area is 189 Å². The van der Waals surface area contributed by atoms with Crippen LogP contribution >= 0.6 is 0 Å². The minimum absolute atomic E-state index is 0.0281. The number of aromatic nitrogens is 1. The van der Waals surface area contributed by atoms with Crippen molar-refractivity contribution in [3.8, 4) is 0 Å². The van der Waals surface area contributed by atoms with Crippen LogP contribution in [0.25, 0.3) is 10.9 Å². The average Bonchev–Trinajstić information content (AvgIpc) is 3.03. The molecule has 1 amide bonds. The van der Waals surface area contributed by atoms with E-state index in [2.05, 4.69) is 16.4 Å². The van der Waals surface area contributed by atoms with Gasteiger partial charge in [0.2, 0.25) is 15.9 Å². The van der Waals surface area contributed by atoms with Gasteiger partial charge in [-0.2, -0.15) is 4.31 Å². The molecule has 1 saturated heterocycles. The summed E-state index contributed by atoms with van der Waals surface area (Å²) in [5.74, 6) is -0.0281. The molecule has 1 fully saturated rings. The molecule has 8 heteroatoms. The van der Waals surface area contributed by atoms with Crippen molar-refractivity contribution in [2.45, 2.75) is 24.7 Å². The topological polar surface area (TPSA) is 85.5 Å². The number of hydrogen-bond donors (Lipinski definition) is 2. The zero-order valence-electron chi connectivity index (χ0n) is 18.4. The van der Waals surface area contributed by atoms with Gasteiger partial charge in [0.25, 0.3) is 0 Å². The van der Waals surface area contributed by atoms with Crippen LogP contribution in [0.5, 0.6) is 0 Å². The summed E-state index contributed by atoms with van der Waals surface area (Å²) >= 11 is 0. The third-order valence-electron chi connectivity index (χ3n) is 5.96. The Bertz CT molecular complexity index is 1170. The quantitative estimate of drug-likeness (QED) is 0.575. The number of benzene rings is 2. The molecule has 7 nitrogen and oxygen atoms in total. The van der Waals surface area contributed by atoms with Gasteiger partial charge in [-0.05, 0) is 50.1 Å². The number of para-hydroxylation sites is 1. The number of hydrogen-bond acceptors (Lipinski definition) is 4. The van der Waals surface area contributed by atoms with Gasteiger partial charge < -0.3 is 10.3 Å². The summed E-state index contributed by atoms with van der Waals surface area (Å²) in [6.07, 6.45) is 3.46. The lowest BCUT2D eigenvalue weighted by Crippen LogP contribution is -2.40. The minimum atomic E-state index is -3.51. The van der Waals surface area contributed by atoms with Crippen LogP contribution in [0, 0.1) is 6.92 Å². The van der Waals surface area contributed by atoms with Crippen LogP contribution in [0.1, 0.15) is 17.5 Å². The number of nitrogens with zero attached hydrogens (tertiary/aromatic N) is 2. The first kappa shape index (κ1) is 22.5. The highest BCUT2D eigenvalue weighted by Crippen LogP contribution is 2.19. The molecular formula is C24H30N4O3S. The van der Waals surface area contributed by atoms with Crippen molar-refractivity contribution in [2.24, 2.45) is 0 Å². The second-order valence-corrected chi connectivity index (χ2v) is 10.2. The number of nitrogens with one attached hydrogen (secondary N) is 2. The normalized spacial score (nSPS) is 16.2. The second kappa shape index (κ2) is 9.85. The van der Waals surface area contributed by atoms with Crippen molar-refractivity contribution in [3.05, 3.63) is 65.9 Å². The van der Waals surface area contributed by atoms with E-state index in [0.29, 0.717) is 44.0 Å². The van der Waals surface area contributed by atoms with Gasteiger partial charge in [0.1, 0.15) is 0 Å². The summed E-state index contributed by atoms with van der Waals surface area (Å²) in [4.78, 5) is 18.1. The van der Waals surface area contributed by atoms with Crippen LogP contribution in [0.2, 0.25) is 0 Å². The number of H-pyrrole nitrogens is 1. The average molecular weight is 455 g/mol. The van der Waals surface area contributed by atoms with Crippen LogP contribution in [-0.2, 0) is 21.2 Å². The summed E-state index contributed by atoms with van der Waals surface area (Å²) in [5, 5.41) is 4.18. The van der Waals surface area contributed by atoms with Gasteiger partial charge in [-0.1, -0.05) is 35.9 Å². The first-order valence-electron chi connectivity index (χ1n) is 11.0. The van der Waals surface area contributed by atoms with Crippen molar-refractivity contribution < 1.29 is 13.2 Å². The first-order valence-corrected chi connectivity index (χ1v) is 12.5. The van der Waals surface area contributed by atoms with Gasteiger partial charge in [0, 0.05) is 43.3 Å². The van der Waals surface area contributed by atoms with Crippen molar-refractivity contribution >= 4 is 26.8 Å². The lowest BCUT2D eigenvalue weighted by atomic mass is 10.1. The van der Waals surface area contributed by atoms with Crippen LogP contribution in [0.15, 0.2) is 59.6 Å². The molecule has 0 saturated carbocycles. The molecule has 0 unspecified atom stereocenters. The third kappa shape index (κ3) is 5.20. The maximum Gasteiger partial charge on any atom is 0.243 e. The zero-order chi connectivity index (χ0) is 22.6. The molecule has 4 rings (SSSR count). The summed E-state index contributed by atoms with van der Waals surface area (Å²) in [7, 11) is -3.51. The van der Waals surface area contributed by atoms with Gasteiger partial charge in [-0.3, -0.25) is 9.69 Å². The summed E-state index contributed by atoms with van der Waals surface area (Å²) < 4.78 is 27.4. The van der Waals surface area contributed by atoms with E-state index in [1.807, 2.05) is 48.4 Å². The van der Waals surface area contributed by atoms with Crippen LogP contribution in [-0.4, -0.2) is 67.8 Å². The molecule has 32 heavy (non-hydrogen) atoms. The number of aromatic amines is 1. The summed E-state index contributed by atoms with van der Waals surface area (Å²) in [6.45, 7) is 4.89. The first-order chi connectivity index (χ1) is 15.4. The van der Waals surface area contributed by atoms with E-state index in [0.717, 1.165) is 17.5 Å². The summed E-state index contributed by atoms with van der Waals surface area (Å²) in [5.41, 5.74) is 3.32. The number of carbonyl (C=O) groups is 1. The highest BCUT2D eigenvalue weighted by atomic mass is 32.2. The zero-order valence-corrected chi connectivity index (χ0v) is 19.2. The van der Waals surface area contributed by atoms with Crippen molar-refractivity contribution in [1.82, 2.24) is 19.5 Å². The fourth-order valence-electron chi connectivity index (χ4n) is 4.14. The lowest BCUT2D eigenvalue weighted by Gasteiger charge is -2.21. The maximum atomic E-state index is 13.0. The number of rotatable bonds is 7. The van der Waals surface area contributed by atoms with Crippen molar-refractivity contribution in [2.75, 3.05) is 39.3 Å². The van der Waals surface area contributed by atoms with E-state index in [1.165, 1.54) is 15.3 Å². The van der Waals surface area contributed by atoms with E-state index in [9.17, 15) is 13.2 Å². The number of carbonyl (C=O) groups excluding carboxylic acids is 1. The molecule has 1 aliphatic heterocycles. The fraction of sp³-hybridized carbons (Fsp3) is 0.375. The van der Waals surface area contributed by atoms with Gasteiger partial charge >= 0.3 is 0 Å². The second-order valence-electron chi connectivity index (χ2n) is 8.31. The Morgan fingerprint density at radius 2 is 1.81 bits per heavy atom.